The first-order valence-corrected chi connectivity index (χ1v) is 7.19. The minimum absolute atomic E-state index is 0.0527. The first-order chi connectivity index (χ1) is 9.75. The van der Waals surface area contributed by atoms with Crippen molar-refractivity contribution in [3.63, 3.8) is 0 Å². The number of carbonyl (C=O) groups excluding carboxylic acids is 1. The van der Waals surface area contributed by atoms with Gasteiger partial charge in [-0.1, -0.05) is 18.2 Å². The van der Waals surface area contributed by atoms with Crippen LogP contribution in [0.5, 0.6) is 0 Å². The minimum Gasteiger partial charge on any atom is -0.324 e. The Balaban J connectivity index is 1.69. The average Bonchev–Trinajstić information content (AvgIpc) is 2.47. The first-order valence-electron chi connectivity index (χ1n) is 6.40. The number of hydrogen-bond acceptors (Lipinski definition) is 3. The second-order valence-corrected chi connectivity index (χ2v) is 5.17. The quantitative estimate of drug-likeness (QED) is 0.799. The van der Waals surface area contributed by atoms with E-state index < -0.39 is 0 Å². The van der Waals surface area contributed by atoms with Crippen molar-refractivity contribution < 1.29 is 4.79 Å². The highest BCUT2D eigenvalue weighted by molar-refractivity contribution is 9.10. The summed E-state index contributed by atoms with van der Waals surface area (Å²) in [6.45, 7) is 1.04. The van der Waals surface area contributed by atoms with Crippen molar-refractivity contribution in [2.45, 2.75) is 6.42 Å². The number of benzene rings is 1. The van der Waals surface area contributed by atoms with Crippen molar-refractivity contribution in [1.29, 1.82) is 0 Å². The summed E-state index contributed by atoms with van der Waals surface area (Å²) in [5.41, 5.74) is 1.94. The van der Waals surface area contributed by atoms with Crippen molar-refractivity contribution in [2.75, 3.05) is 18.4 Å². The van der Waals surface area contributed by atoms with Gasteiger partial charge in [-0.2, -0.15) is 0 Å². The van der Waals surface area contributed by atoms with Gasteiger partial charge in [0.25, 0.3) is 0 Å². The fourth-order valence-electron chi connectivity index (χ4n) is 1.74. The zero-order valence-corrected chi connectivity index (χ0v) is 12.6. The molecule has 20 heavy (non-hydrogen) atoms. The molecule has 0 saturated heterocycles. The van der Waals surface area contributed by atoms with Gasteiger partial charge in [-0.05, 0) is 52.7 Å². The van der Waals surface area contributed by atoms with Gasteiger partial charge in [-0.3, -0.25) is 9.78 Å². The molecule has 4 nitrogen and oxygen atoms in total. The maximum absolute atomic E-state index is 11.8. The molecule has 0 bridgehead atoms. The van der Waals surface area contributed by atoms with Crippen LogP contribution in [0.2, 0.25) is 0 Å². The van der Waals surface area contributed by atoms with Crippen LogP contribution in [0, 0.1) is 0 Å². The van der Waals surface area contributed by atoms with E-state index in [4.69, 9.17) is 0 Å². The summed E-state index contributed by atoms with van der Waals surface area (Å²) < 4.78 is 0.878. The fourth-order valence-corrected chi connectivity index (χ4v) is 2.12. The van der Waals surface area contributed by atoms with E-state index >= 15 is 0 Å². The molecule has 0 radical (unpaired) electrons. The standard InChI is InChI=1S/C15H16BrN3O/c16-13-5-1-2-6-14(13)19-15(20)11-18-9-7-12-4-3-8-17-10-12/h1-6,8,10,18H,7,9,11H2,(H,19,20). The molecule has 1 amide bonds. The highest BCUT2D eigenvalue weighted by Gasteiger charge is 2.04. The number of carbonyl (C=O) groups is 1. The Morgan fingerprint density at radius 1 is 1.20 bits per heavy atom. The molecule has 5 heteroatoms. The number of aromatic nitrogens is 1. The van der Waals surface area contributed by atoms with Crippen molar-refractivity contribution in [3.05, 3.63) is 58.8 Å². The summed E-state index contributed by atoms with van der Waals surface area (Å²) in [6.07, 6.45) is 4.45. The Morgan fingerprint density at radius 3 is 2.80 bits per heavy atom. The molecule has 2 N–H and O–H groups in total. The Labute approximate surface area is 126 Å². The van der Waals surface area contributed by atoms with Crippen LogP contribution in [0.15, 0.2) is 53.3 Å². The number of nitrogens with zero attached hydrogens (tertiary/aromatic N) is 1. The minimum atomic E-state index is -0.0527. The van der Waals surface area contributed by atoms with Gasteiger partial charge in [0.15, 0.2) is 0 Å². The third kappa shape index (κ3) is 4.75. The lowest BCUT2D eigenvalue weighted by atomic mass is 10.2. The second-order valence-electron chi connectivity index (χ2n) is 4.32. The summed E-state index contributed by atoms with van der Waals surface area (Å²) in [4.78, 5) is 15.8. The molecule has 1 aromatic heterocycles. The molecule has 0 spiro atoms. The Bertz CT molecular complexity index is 560. The third-order valence-corrected chi connectivity index (χ3v) is 3.44. The predicted octanol–water partition coefficient (Wildman–Crippen LogP) is 2.61. The third-order valence-electron chi connectivity index (χ3n) is 2.75. The summed E-state index contributed by atoms with van der Waals surface area (Å²) in [6, 6.07) is 11.5. The molecule has 0 aliphatic carbocycles. The first kappa shape index (κ1) is 14.7. The topological polar surface area (TPSA) is 54.0 Å². The van der Waals surface area contributed by atoms with E-state index in [0.717, 1.165) is 28.7 Å². The van der Waals surface area contributed by atoms with E-state index in [1.807, 2.05) is 42.6 Å². The zero-order chi connectivity index (χ0) is 14.2. The van der Waals surface area contributed by atoms with E-state index in [0.29, 0.717) is 6.54 Å². The number of hydrogen-bond donors (Lipinski definition) is 2. The van der Waals surface area contributed by atoms with Gasteiger partial charge in [0.05, 0.1) is 12.2 Å². The van der Waals surface area contributed by atoms with E-state index in [9.17, 15) is 4.79 Å². The summed E-state index contributed by atoms with van der Waals surface area (Å²) >= 11 is 3.40. The van der Waals surface area contributed by atoms with Crippen LogP contribution in [-0.4, -0.2) is 24.0 Å². The van der Waals surface area contributed by atoms with Crippen molar-refractivity contribution in [1.82, 2.24) is 10.3 Å². The van der Waals surface area contributed by atoms with Gasteiger partial charge in [0.2, 0.25) is 5.91 Å². The summed E-state index contributed by atoms with van der Waals surface area (Å²) in [7, 11) is 0. The second kappa shape index (κ2) is 7.77. The normalized spacial score (nSPS) is 10.2. The van der Waals surface area contributed by atoms with Gasteiger partial charge < -0.3 is 10.6 Å². The molecule has 0 aliphatic rings. The molecule has 0 atom stereocenters. The van der Waals surface area contributed by atoms with Crippen LogP contribution >= 0.6 is 15.9 Å². The van der Waals surface area contributed by atoms with Crippen molar-refractivity contribution in [2.24, 2.45) is 0 Å². The van der Waals surface area contributed by atoms with Crippen LogP contribution in [0.25, 0.3) is 0 Å². The maximum Gasteiger partial charge on any atom is 0.238 e. The van der Waals surface area contributed by atoms with Gasteiger partial charge in [0.1, 0.15) is 0 Å². The SMILES string of the molecule is O=C(CNCCc1cccnc1)Nc1ccccc1Br. The van der Waals surface area contributed by atoms with Crippen LogP contribution in [0.1, 0.15) is 5.56 Å². The van der Waals surface area contributed by atoms with E-state index in [1.165, 1.54) is 0 Å². The number of anilines is 1. The molecule has 2 aromatic rings. The monoisotopic (exact) mass is 333 g/mol. The number of para-hydroxylation sites is 1. The molecule has 0 fully saturated rings. The molecule has 104 valence electrons. The smallest absolute Gasteiger partial charge is 0.238 e. The van der Waals surface area contributed by atoms with Crippen LogP contribution < -0.4 is 10.6 Å². The number of amides is 1. The molecule has 0 unspecified atom stereocenters. The van der Waals surface area contributed by atoms with Crippen LogP contribution in [-0.2, 0) is 11.2 Å². The Morgan fingerprint density at radius 2 is 2.05 bits per heavy atom. The zero-order valence-electron chi connectivity index (χ0n) is 11.0. The van der Waals surface area contributed by atoms with Crippen LogP contribution in [0.3, 0.4) is 0 Å². The largest absolute Gasteiger partial charge is 0.324 e. The molecular formula is C15H16BrN3O. The highest BCUT2D eigenvalue weighted by Crippen LogP contribution is 2.20. The lowest BCUT2D eigenvalue weighted by molar-refractivity contribution is -0.115. The molecule has 1 heterocycles. The van der Waals surface area contributed by atoms with E-state index in [2.05, 4.69) is 31.5 Å². The maximum atomic E-state index is 11.8. The number of pyridine rings is 1. The summed E-state index contributed by atoms with van der Waals surface area (Å²) in [5, 5.41) is 5.97. The lowest BCUT2D eigenvalue weighted by Gasteiger charge is -2.08. The van der Waals surface area contributed by atoms with Crippen molar-refractivity contribution in [3.8, 4) is 0 Å². The molecule has 2 rings (SSSR count). The Hall–Kier alpha value is -1.72. The van der Waals surface area contributed by atoms with Crippen molar-refractivity contribution >= 4 is 27.5 Å². The highest BCUT2D eigenvalue weighted by atomic mass is 79.9. The average molecular weight is 334 g/mol. The molecule has 0 saturated carbocycles. The molecule has 1 aromatic carbocycles. The van der Waals surface area contributed by atoms with Gasteiger partial charge in [0, 0.05) is 16.9 Å². The Kier molecular flexibility index (Phi) is 5.70. The number of rotatable bonds is 6. The molecule has 0 aliphatic heterocycles. The van der Waals surface area contributed by atoms with Gasteiger partial charge >= 0.3 is 0 Å². The number of nitrogens with one attached hydrogen (secondary N) is 2. The number of halogens is 1. The van der Waals surface area contributed by atoms with Gasteiger partial charge in [-0.15, -0.1) is 0 Å². The fraction of sp³-hybridized carbons (Fsp3) is 0.200. The van der Waals surface area contributed by atoms with E-state index in [1.54, 1.807) is 6.20 Å². The molecular weight excluding hydrogens is 318 g/mol. The summed E-state index contributed by atoms with van der Waals surface area (Å²) in [5.74, 6) is -0.0527. The predicted molar refractivity (Wildman–Crippen MR) is 83.6 cm³/mol. The van der Waals surface area contributed by atoms with Crippen LogP contribution in [0.4, 0.5) is 5.69 Å². The van der Waals surface area contributed by atoms with Gasteiger partial charge in [-0.25, -0.2) is 0 Å². The lowest BCUT2D eigenvalue weighted by Crippen LogP contribution is -2.29. The van der Waals surface area contributed by atoms with E-state index in [-0.39, 0.29) is 5.91 Å².